The molecule has 0 aliphatic rings. The fraction of sp³-hybridized carbons (Fsp3) is 0.231. The number of hydrogen-bond donors (Lipinski definition) is 2. The third kappa shape index (κ3) is 6.08. The Hall–Kier alpha value is -3.20. The third-order valence-electron chi connectivity index (χ3n) is 5.65. The Balaban J connectivity index is 1.37. The summed E-state index contributed by atoms with van der Waals surface area (Å²) in [5.74, 6) is -0.814. The summed E-state index contributed by atoms with van der Waals surface area (Å²) < 4.78 is 31.3. The van der Waals surface area contributed by atoms with Crippen LogP contribution >= 0.6 is 11.6 Å². The standard InChI is InChI=1S/C26H25ClN2O5S/c27-19-14-12-18(13-15-19)24(25-29-21-9-3-4-10-22(21)34-25)28-16-6-1-7-17-35(32,33)23-11-5-2-8-20(23)26(30)31/h2-5,8-15,24,28H,1,6-7,16-17H2,(H,30,31). The van der Waals surface area contributed by atoms with Crippen LogP contribution in [-0.2, 0) is 9.84 Å². The molecule has 0 fully saturated rings. The lowest BCUT2D eigenvalue weighted by Crippen LogP contribution is -2.24. The Kier molecular flexibility index (Phi) is 7.85. The highest BCUT2D eigenvalue weighted by Gasteiger charge is 2.22. The summed E-state index contributed by atoms with van der Waals surface area (Å²) in [6.45, 7) is 0.609. The molecule has 0 saturated carbocycles. The first-order valence-electron chi connectivity index (χ1n) is 11.2. The summed E-state index contributed by atoms with van der Waals surface area (Å²) in [4.78, 5) is 15.9. The number of aromatic nitrogens is 1. The van der Waals surface area contributed by atoms with Crippen molar-refractivity contribution in [2.75, 3.05) is 12.3 Å². The van der Waals surface area contributed by atoms with Gasteiger partial charge in [-0.25, -0.2) is 18.2 Å². The maximum absolute atomic E-state index is 12.7. The van der Waals surface area contributed by atoms with Crippen molar-refractivity contribution in [1.82, 2.24) is 10.3 Å². The molecule has 0 spiro atoms. The van der Waals surface area contributed by atoms with Crippen molar-refractivity contribution in [1.29, 1.82) is 0 Å². The van der Waals surface area contributed by atoms with E-state index in [0.29, 0.717) is 35.9 Å². The maximum Gasteiger partial charge on any atom is 0.337 e. The molecular weight excluding hydrogens is 488 g/mol. The highest BCUT2D eigenvalue weighted by atomic mass is 35.5. The van der Waals surface area contributed by atoms with Crippen LogP contribution in [0, 0.1) is 0 Å². The van der Waals surface area contributed by atoms with Gasteiger partial charge >= 0.3 is 5.97 Å². The van der Waals surface area contributed by atoms with Gasteiger partial charge in [0.25, 0.3) is 0 Å². The smallest absolute Gasteiger partial charge is 0.337 e. The van der Waals surface area contributed by atoms with Gasteiger partial charge < -0.3 is 14.8 Å². The fourth-order valence-electron chi connectivity index (χ4n) is 3.88. The molecule has 1 unspecified atom stereocenters. The van der Waals surface area contributed by atoms with Crippen molar-refractivity contribution in [3.8, 4) is 0 Å². The molecule has 7 nitrogen and oxygen atoms in total. The van der Waals surface area contributed by atoms with Gasteiger partial charge in [0.2, 0.25) is 5.89 Å². The van der Waals surface area contributed by atoms with Crippen LogP contribution in [0.1, 0.15) is 47.1 Å². The lowest BCUT2D eigenvalue weighted by atomic mass is 10.1. The molecule has 0 bridgehead atoms. The van der Waals surface area contributed by atoms with E-state index in [1.54, 1.807) is 0 Å². The number of unbranched alkanes of at least 4 members (excludes halogenated alkanes) is 2. The van der Waals surface area contributed by atoms with Gasteiger partial charge in [0.1, 0.15) is 11.6 Å². The van der Waals surface area contributed by atoms with E-state index in [4.69, 9.17) is 16.0 Å². The molecule has 0 aliphatic carbocycles. The lowest BCUT2D eigenvalue weighted by Gasteiger charge is -2.16. The largest absolute Gasteiger partial charge is 0.478 e. The van der Waals surface area contributed by atoms with Crippen molar-refractivity contribution in [3.63, 3.8) is 0 Å². The first-order chi connectivity index (χ1) is 16.8. The summed E-state index contributed by atoms with van der Waals surface area (Å²) in [6.07, 6.45) is 1.80. The number of fused-ring (bicyclic) bond motifs is 1. The van der Waals surface area contributed by atoms with Crippen molar-refractivity contribution < 1.29 is 22.7 Å². The minimum Gasteiger partial charge on any atom is -0.478 e. The molecule has 35 heavy (non-hydrogen) atoms. The minimum absolute atomic E-state index is 0.108. The summed E-state index contributed by atoms with van der Waals surface area (Å²) in [5.41, 5.74) is 2.23. The zero-order valence-electron chi connectivity index (χ0n) is 18.9. The number of para-hydroxylation sites is 2. The molecule has 4 rings (SSSR count). The molecule has 0 saturated heterocycles. The molecular formula is C26H25ClN2O5S. The Morgan fingerprint density at radius 3 is 2.43 bits per heavy atom. The molecule has 3 aromatic carbocycles. The molecule has 0 radical (unpaired) electrons. The second-order valence-corrected chi connectivity index (χ2v) is 10.7. The number of benzene rings is 3. The van der Waals surface area contributed by atoms with Gasteiger partial charge in [-0.3, -0.25) is 0 Å². The topological polar surface area (TPSA) is 110 Å². The Bertz CT molecular complexity index is 1380. The van der Waals surface area contributed by atoms with E-state index < -0.39 is 15.8 Å². The number of carbonyl (C=O) groups is 1. The van der Waals surface area contributed by atoms with E-state index in [0.717, 1.165) is 17.5 Å². The number of oxazole rings is 1. The molecule has 9 heteroatoms. The van der Waals surface area contributed by atoms with E-state index >= 15 is 0 Å². The van der Waals surface area contributed by atoms with Crippen LogP contribution in [0.5, 0.6) is 0 Å². The molecule has 182 valence electrons. The lowest BCUT2D eigenvalue weighted by molar-refractivity contribution is 0.0692. The van der Waals surface area contributed by atoms with Gasteiger partial charge in [-0.1, -0.05) is 54.4 Å². The maximum atomic E-state index is 12.7. The van der Waals surface area contributed by atoms with Crippen LogP contribution in [-0.4, -0.2) is 36.8 Å². The SMILES string of the molecule is O=C(O)c1ccccc1S(=O)(=O)CCCCCNC(c1ccc(Cl)cc1)c1nc2ccccc2o1. The predicted molar refractivity (Wildman–Crippen MR) is 135 cm³/mol. The van der Waals surface area contributed by atoms with E-state index in [1.807, 2.05) is 48.5 Å². The fourth-order valence-corrected chi connectivity index (χ4v) is 5.59. The van der Waals surface area contributed by atoms with Gasteiger partial charge in [0.15, 0.2) is 15.4 Å². The van der Waals surface area contributed by atoms with Crippen molar-refractivity contribution in [3.05, 3.63) is 94.8 Å². The van der Waals surface area contributed by atoms with Crippen molar-refractivity contribution >= 4 is 38.5 Å². The molecule has 1 atom stereocenters. The number of rotatable bonds is 11. The van der Waals surface area contributed by atoms with Gasteiger partial charge in [0, 0.05) is 5.02 Å². The molecule has 4 aromatic rings. The Morgan fingerprint density at radius 1 is 0.971 bits per heavy atom. The molecule has 1 heterocycles. The second-order valence-electron chi connectivity index (χ2n) is 8.14. The summed E-state index contributed by atoms with van der Waals surface area (Å²) in [6, 6.07) is 20.4. The third-order valence-corrected chi connectivity index (χ3v) is 7.76. The number of halogens is 1. The number of nitrogens with one attached hydrogen (secondary N) is 1. The molecule has 1 aromatic heterocycles. The Morgan fingerprint density at radius 2 is 1.69 bits per heavy atom. The zero-order valence-corrected chi connectivity index (χ0v) is 20.4. The van der Waals surface area contributed by atoms with Crippen molar-refractivity contribution in [2.45, 2.75) is 30.2 Å². The number of carboxylic acid groups (broad SMARTS) is 1. The number of hydrogen-bond acceptors (Lipinski definition) is 6. The minimum atomic E-state index is -3.68. The number of sulfone groups is 1. The number of nitrogens with zero attached hydrogens (tertiary/aromatic N) is 1. The highest BCUT2D eigenvalue weighted by Crippen LogP contribution is 2.26. The first-order valence-corrected chi connectivity index (χ1v) is 13.3. The van der Waals surface area contributed by atoms with Crippen LogP contribution in [0.15, 0.2) is 82.1 Å². The quantitative estimate of drug-likeness (QED) is 0.255. The monoisotopic (exact) mass is 512 g/mol. The summed E-state index contributed by atoms with van der Waals surface area (Å²) >= 11 is 6.06. The summed E-state index contributed by atoms with van der Waals surface area (Å²) in [7, 11) is -3.68. The zero-order chi connectivity index (χ0) is 24.8. The van der Waals surface area contributed by atoms with Gasteiger partial charge in [-0.2, -0.15) is 0 Å². The van der Waals surface area contributed by atoms with Gasteiger partial charge in [-0.05, 0) is 61.3 Å². The Labute approximate surface area is 208 Å². The average Bonchev–Trinajstić information content (AvgIpc) is 3.28. The van der Waals surface area contributed by atoms with Crippen LogP contribution in [0.3, 0.4) is 0 Å². The van der Waals surface area contributed by atoms with Crippen LogP contribution < -0.4 is 5.32 Å². The number of aromatic carboxylic acids is 1. The van der Waals surface area contributed by atoms with Crippen LogP contribution in [0.25, 0.3) is 11.1 Å². The first kappa shape index (κ1) is 24.9. The normalized spacial score (nSPS) is 12.6. The summed E-state index contributed by atoms with van der Waals surface area (Å²) in [5, 5.41) is 13.4. The van der Waals surface area contributed by atoms with E-state index in [9.17, 15) is 18.3 Å². The van der Waals surface area contributed by atoms with E-state index in [2.05, 4.69) is 10.3 Å². The van der Waals surface area contributed by atoms with E-state index in [-0.39, 0.29) is 22.3 Å². The van der Waals surface area contributed by atoms with Crippen molar-refractivity contribution in [2.24, 2.45) is 0 Å². The molecule has 0 amide bonds. The van der Waals surface area contributed by atoms with Crippen LogP contribution in [0.2, 0.25) is 5.02 Å². The highest BCUT2D eigenvalue weighted by molar-refractivity contribution is 7.91. The van der Waals surface area contributed by atoms with Crippen LogP contribution in [0.4, 0.5) is 0 Å². The molecule has 2 N–H and O–H groups in total. The van der Waals surface area contributed by atoms with Gasteiger partial charge in [0.05, 0.1) is 16.2 Å². The molecule has 0 aliphatic heterocycles. The second kappa shape index (κ2) is 11.0. The predicted octanol–water partition coefficient (Wildman–Crippen LogP) is 5.50. The average molecular weight is 513 g/mol. The number of carboxylic acids is 1. The van der Waals surface area contributed by atoms with Gasteiger partial charge in [-0.15, -0.1) is 0 Å². The van der Waals surface area contributed by atoms with E-state index in [1.165, 1.54) is 24.3 Å².